The highest BCUT2D eigenvalue weighted by molar-refractivity contribution is 6.30. The van der Waals surface area contributed by atoms with Crippen LogP contribution < -0.4 is 20.1 Å². The van der Waals surface area contributed by atoms with E-state index in [-0.39, 0.29) is 36.1 Å². The molecule has 2 aromatic rings. The van der Waals surface area contributed by atoms with Crippen LogP contribution in [-0.4, -0.2) is 36.1 Å². The van der Waals surface area contributed by atoms with Crippen LogP contribution in [0.3, 0.4) is 0 Å². The van der Waals surface area contributed by atoms with Gasteiger partial charge < -0.3 is 20.1 Å². The number of hydrogen-bond donors (Lipinski definition) is 2. The van der Waals surface area contributed by atoms with Gasteiger partial charge in [0, 0.05) is 10.0 Å². The highest BCUT2D eigenvalue weighted by Gasteiger charge is 3.10. The third-order valence-corrected chi connectivity index (χ3v) is 9.21. The van der Waals surface area contributed by atoms with Crippen molar-refractivity contribution in [2.75, 3.05) is 13.2 Å². The Hall–Kier alpha value is -2.44. The minimum absolute atomic E-state index is 0.000538. The molecule has 0 atom stereocenters. The number of halogens is 2. The standard InChI is InChI=1S/C24H20Cl2N2O4/c25-11-1-5-13(6-2-11)31-9-15(29)27-23-17-20-18(23)22-19(23)21(17)24(20,22)28-16(30)10-32-14-7-3-12(26)4-8-14/h1-8,17-22H,9-10H2,(H,27,29)(H,28,30). The van der Waals surface area contributed by atoms with Crippen LogP contribution in [-0.2, 0) is 9.59 Å². The van der Waals surface area contributed by atoms with E-state index in [2.05, 4.69) is 10.6 Å². The molecule has 0 radical (unpaired) electrons. The topological polar surface area (TPSA) is 76.7 Å². The van der Waals surface area contributed by atoms with Gasteiger partial charge in [-0.05, 0) is 84.0 Å². The SMILES string of the molecule is O=C(COc1ccc(Cl)cc1)NC12C3C4C1C1C2C3C41NC(=O)COc1ccc(Cl)cc1. The van der Waals surface area contributed by atoms with E-state index >= 15 is 0 Å². The van der Waals surface area contributed by atoms with Crippen molar-refractivity contribution in [1.29, 1.82) is 0 Å². The van der Waals surface area contributed by atoms with Crippen LogP contribution in [0.25, 0.3) is 0 Å². The summed E-state index contributed by atoms with van der Waals surface area (Å²) in [5.74, 6) is 4.09. The predicted molar refractivity (Wildman–Crippen MR) is 117 cm³/mol. The second-order valence-corrected chi connectivity index (χ2v) is 10.5. The van der Waals surface area contributed by atoms with Gasteiger partial charge in [0.25, 0.3) is 11.8 Å². The second kappa shape index (κ2) is 6.12. The van der Waals surface area contributed by atoms with Crippen LogP contribution in [0, 0.1) is 35.5 Å². The molecule has 0 heterocycles. The molecule has 6 fully saturated rings. The summed E-state index contributed by atoms with van der Waals surface area (Å²) in [6.07, 6.45) is 0. The fourth-order valence-electron chi connectivity index (χ4n) is 7.94. The monoisotopic (exact) mass is 470 g/mol. The molecule has 0 unspecified atom stereocenters. The highest BCUT2D eigenvalue weighted by atomic mass is 35.5. The Kier molecular flexibility index (Phi) is 3.64. The first kappa shape index (κ1) is 19.1. The molecule has 164 valence electrons. The number of carbonyl (C=O) groups excluding carboxylic acids is 2. The Labute approximate surface area is 194 Å². The molecule has 6 saturated carbocycles. The Morgan fingerprint density at radius 1 is 0.656 bits per heavy atom. The molecule has 0 aromatic heterocycles. The predicted octanol–water partition coefficient (Wildman–Crippen LogP) is 2.93. The zero-order chi connectivity index (χ0) is 21.8. The highest BCUT2D eigenvalue weighted by Crippen LogP contribution is 3.03. The van der Waals surface area contributed by atoms with E-state index in [1.807, 2.05) is 0 Å². The van der Waals surface area contributed by atoms with Gasteiger partial charge in [-0.1, -0.05) is 23.2 Å². The van der Waals surface area contributed by atoms with Crippen molar-refractivity contribution in [2.24, 2.45) is 35.5 Å². The number of benzene rings is 2. The van der Waals surface area contributed by atoms with Gasteiger partial charge in [-0.15, -0.1) is 0 Å². The summed E-state index contributed by atoms with van der Waals surface area (Å²) in [6, 6.07) is 14.0. The zero-order valence-electron chi connectivity index (χ0n) is 16.9. The minimum Gasteiger partial charge on any atom is -0.484 e. The molecule has 2 N–H and O–H groups in total. The van der Waals surface area contributed by atoms with Crippen molar-refractivity contribution < 1.29 is 19.1 Å². The normalized spacial score (nSPS) is 39.7. The molecule has 6 nitrogen and oxygen atoms in total. The average molecular weight is 471 g/mol. The number of rotatable bonds is 8. The maximum atomic E-state index is 12.5. The molecule has 6 aliphatic carbocycles. The first-order valence-electron chi connectivity index (χ1n) is 10.9. The lowest BCUT2D eigenvalue weighted by molar-refractivity contribution is -0.589. The molecule has 0 spiro atoms. The van der Waals surface area contributed by atoms with Gasteiger partial charge in [-0.2, -0.15) is 0 Å². The Morgan fingerprint density at radius 2 is 0.969 bits per heavy atom. The summed E-state index contributed by atoms with van der Waals surface area (Å²) in [6.45, 7) is -0.00108. The van der Waals surface area contributed by atoms with Gasteiger partial charge in [-0.25, -0.2) is 0 Å². The van der Waals surface area contributed by atoms with Gasteiger partial charge in [0.05, 0.1) is 11.1 Å². The van der Waals surface area contributed by atoms with Crippen molar-refractivity contribution in [3.8, 4) is 11.5 Å². The van der Waals surface area contributed by atoms with Crippen LogP contribution in [0.2, 0.25) is 10.0 Å². The number of hydrogen-bond acceptors (Lipinski definition) is 4. The van der Waals surface area contributed by atoms with Crippen molar-refractivity contribution >= 4 is 35.0 Å². The smallest absolute Gasteiger partial charge is 0.258 e. The summed E-state index contributed by atoms with van der Waals surface area (Å²) >= 11 is 11.7. The van der Waals surface area contributed by atoms with Gasteiger partial charge >= 0.3 is 0 Å². The van der Waals surface area contributed by atoms with Gasteiger partial charge in [0.15, 0.2) is 13.2 Å². The van der Waals surface area contributed by atoms with Crippen molar-refractivity contribution in [2.45, 2.75) is 11.1 Å². The third-order valence-electron chi connectivity index (χ3n) is 8.71. The number of carbonyl (C=O) groups is 2. The molecular formula is C24H20Cl2N2O4. The van der Waals surface area contributed by atoms with Crippen LogP contribution in [0.1, 0.15) is 0 Å². The van der Waals surface area contributed by atoms with E-state index in [9.17, 15) is 9.59 Å². The quantitative estimate of drug-likeness (QED) is 0.621. The van der Waals surface area contributed by atoms with E-state index in [4.69, 9.17) is 32.7 Å². The van der Waals surface area contributed by atoms with Gasteiger partial charge in [0.2, 0.25) is 0 Å². The zero-order valence-corrected chi connectivity index (χ0v) is 18.4. The average Bonchev–Trinajstić information content (AvgIpc) is 2.80. The molecule has 8 rings (SSSR count). The lowest BCUT2D eigenvalue weighted by Crippen LogP contribution is -3.19. The molecular weight excluding hydrogens is 451 g/mol. The van der Waals surface area contributed by atoms with Crippen molar-refractivity contribution in [1.82, 2.24) is 10.6 Å². The van der Waals surface area contributed by atoms with Crippen molar-refractivity contribution in [3.05, 3.63) is 58.6 Å². The molecule has 0 aliphatic heterocycles. The molecule has 0 saturated heterocycles. The molecule has 6 aliphatic rings. The van der Waals surface area contributed by atoms with Crippen LogP contribution in [0.5, 0.6) is 11.5 Å². The summed E-state index contributed by atoms with van der Waals surface area (Å²) in [5.41, 5.74) is -0.0700. The molecule has 0 bridgehead atoms. The number of nitrogens with one attached hydrogen (secondary N) is 2. The van der Waals surface area contributed by atoms with Gasteiger partial charge in [-0.3, -0.25) is 9.59 Å². The van der Waals surface area contributed by atoms with Crippen molar-refractivity contribution in [3.63, 3.8) is 0 Å². The lowest BCUT2D eigenvalue weighted by atomic mass is 8.96. The number of ether oxygens (including phenoxy) is 2. The van der Waals surface area contributed by atoms with Gasteiger partial charge in [0.1, 0.15) is 11.5 Å². The molecule has 32 heavy (non-hydrogen) atoms. The Balaban J connectivity index is 0.920. The van der Waals surface area contributed by atoms with E-state index < -0.39 is 0 Å². The number of amides is 2. The summed E-state index contributed by atoms with van der Waals surface area (Å²) in [4.78, 5) is 25.0. The first-order valence-corrected chi connectivity index (χ1v) is 11.6. The van der Waals surface area contributed by atoms with E-state index in [1.165, 1.54) is 0 Å². The fourth-order valence-corrected chi connectivity index (χ4v) is 8.19. The lowest BCUT2D eigenvalue weighted by Gasteiger charge is -3.10. The van der Waals surface area contributed by atoms with E-state index in [0.29, 0.717) is 57.1 Å². The fraction of sp³-hybridized carbons (Fsp3) is 0.417. The maximum Gasteiger partial charge on any atom is 0.258 e. The maximum absolute atomic E-state index is 12.5. The summed E-state index contributed by atoms with van der Waals surface area (Å²) in [7, 11) is 0. The Morgan fingerprint density at radius 3 is 1.28 bits per heavy atom. The minimum atomic E-state index is -0.0786. The van der Waals surface area contributed by atoms with Crippen LogP contribution in [0.15, 0.2) is 48.5 Å². The van der Waals surface area contributed by atoms with E-state index in [0.717, 1.165) is 0 Å². The second-order valence-electron chi connectivity index (χ2n) is 9.60. The molecule has 2 aromatic carbocycles. The third kappa shape index (κ3) is 2.04. The largest absolute Gasteiger partial charge is 0.484 e. The summed E-state index contributed by atoms with van der Waals surface area (Å²) in [5, 5.41) is 7.81. The summed E-state index contributed by atoms with van der Waals surface area (Å²) < 4.78 is 11.2. The first-order chi connectivity index (χ1) is 15.5. The molecule has 8 heteroatoms. The Bertz CT molecular complexity index is 1000. The molecule has 2 amide bonds. The van der Waals surface area contributed by atoms with E-state index in [1.54, 1.807) is 48.5 Å². The van der Waals surface area contributed by atoms with Crippen LogP contribution >= 0.6 is 23.2 Å². The van der Waals surface area contributed by atoms with Crippen LogP contribution in [0.4, 0.5) is 0 Å².